The van der Waals surface area contributed by atoms with Crippen molar-refractivity contribution in [2.75, 3.05) is 6.61 Å². The first-order valence-electron chi connectivity index (χ1n) is 9.15. The molecule has 0 aromatic carbocycles. The Morgan fingerprint density at radius 2 is 1.50 bits per heavy atom. The van der Waals surface area contributed by atoms with Gasteiger partial charge < -0.3 is 23.5 Å². The van der Waals surface area contributed by atoms with Crippen LogP contribution in [0.25, 0.3) is 0 Å². The van der Waals surface area contributed by atoms with Crippen LogP contribution in [0.4, 0.5) is 0 Å². The van der Waals surface area contributed by atoms with Gasteiger partial charge in [0, 0.05) is 10.6 Å². The predicted molar refractivity (Wildman–Crippen MR) is 113 cm³/mol. The summed E-state index contributed by atoms with van der Waals surface area (Å²) < 4.78 is 13.2. The molecule has 0 saturated heterocycles. The monoisotopic (exact) mass is 422 g/mol. The molecular formula is C17H38O6Si3. The summed E-state index contributed by atoms with van der Waals surface area (Å²) in [6, 6.07) is 0. The Hall–Kier alpha value is -0.299. The van der Waals surface area contributed by atoms with Crippen LogP contribution in [0.15, 0.2) is 12.2 Å². The van der Waals surface area contributed by atoms with E-state index in [4.69, 9.17) is 8.23 Å². The van der Waals surface area contributed by atoms with E-state index in [1.54, 1.807) is 0 Å². The molecule has 0 saturated carbocycles. The van der Waals surface area contributed by atoms with Crippen LogP contribution in [-0.4, -0.2) is 59.2 Å². The zero-order chi connectivity index (χ0) is 21.0. The largest absolute Gasteiger partial charge is 0.478 e. The smallest absolute Gasteiger partial charge is 0.331 e. The Balaban J connectivity index is 6.62. The molecule has 0 aliphatic carbocycles. The average Bonchev–Trinajstić information content (AvgIpc) is 2.41. The molecule has 0 aromatic rings. The Bertz CT molecular complexity index is 482. The van der Waals surface area contributed by atoms with Crippen LogP contribution in [0.2, 0.25) is 50.9 Å². The summed E-state index contributed by atoms with van der Waals surface area (Å²) >= 11 is 0. The number of rotatable bonds is 12. The molecule has 0 aliphatic rings. The fraction of sp³-hybridized carbons (Fsp3) is 0.824. The normalized spacial score (nSPS) is 16.8. The summed E-state index contributed by atoms with van der Waals surface area (Å²) in [6.45, 7) is 19.6. The molecule has 0 bridgehead atoms. The summed E-state index contributed by atoms with van der Waals surface area (Å²) in [5, 5.41) is 28.5. The predicted octanol–water partition coefficient (Wildman–Crippen LogP) is 3.69. The Morgan fingerprint density at radius 1 is 1.08 bits per heavy atom. The van der Waals surface area contributed by atoms with Gasteiger partial charge >= 0.3 is 14.5 Å². The zero-order valence-corrected chi connectivity index (χ0v) is 20.7. The lowest BCUT2D eigenvalue weighted by Gasteiger charge is -2.51. The molecule has 2 atom stereocenters. The average molecular weight is 423 g/mol. The van der Waals surface area contributed by atoms with Gasteiger partial charge in [-0.2, -0.15) is 0 Å². The molecule has 0 aliphatic heterocycles. The molecule has 2 unspecified atom stereocenters. The maximum Gasteiger partial charge on any atom is 0.331 e. The van der Waals surface area contributed by atoms with Crippen molar-refractivity contribution in [3.05, 3.63) is 12.2 Å². The quantitative estimate of drug-likeness (QED) is 0.328. The summed E-state index contributed by atoms with van der Waals surface area (Å²) in [4.78, 5) is 12.0. The van der Waals surface area contributed by atoms with Gasteiger partial charge in [0.2, 0.25) is 0 Å². The highest BCUT2D eigenvalue weighted by Crippen LogP contribution is 2.55. The summed E-state index contributed by atoms with van der Waals surface area (Å²) in [5.41, 5.74) is 0.0116. The van der Waals surface area contributed by atoms with Gasteiger partial charge in [0.05, 0.1) is 12.7 Å². The highest BCUT2D eigenvalue weighted by molar-refractivity contribution is 6.89. The molecule has 154 valence electrons. The van der Waals surface area contributed by atoms with E-state index in [0.717, 1.165) is 0 Å². The highest BCUT2D eigenvalue weighted by atomic mass is 28.5. The maximum absolute atomic E-state index is 12.0. The number of carbonyl (C=O) groups is 1. The third-order valence-electron chi connectivity index (χ3n) is 4.18. The molecule has 0 fully saturated rings. The van der Waals surface area contributed by atoms with Crippen molar-refractivity contribution in [2.45, 2.75) is 83.2 Å². The van der Waals surface area contributed by atoms with E-state index in [1.807, 2.05) is 13.5 Å². The van der Waals surface area contributed by atoms with Gasteiger partial charge in [0.15, 0.2) is 16.6 Å². The molecule has 0 amide bonds. The SMILES string of the molecule is C=C(C(=O)O)C(CCC)(CC(O)CO)[Si](C)(O[Si](C)(C)C)O[Si](C)(C)C. The number of hydrogen-bond donors (Lipinski definition) is 3. The van der Waals surface area contributed by atoms with E-state index < -0.39 is 48.9 Å². The minimum atomic E-state index is -3.15. The molecule has 0 aromatic heterocycles. The highest BCUT2D eigenvalue weighted by Gasteiger charge is 2.60. The van der Waals surface area contributed by atoms with Gasteiger partial charge in [-0.25, -0.2) is 4.79 Å². The number of hydrogen-bond acceptors (Lipinski definition) is 5. The molecule has 0 spiro atoms. The molecular weight excluding hydrogens is 384 g/mol. The Labute approximate surface area is 161 Å². The van der Waals surface area contributed by atoms with Crippen molar-refractivity contribution in [3.8, 4) is 0 Å². The number of carboxylic acid groups (broad SMARTS) is 1. The van der Waals surface area contributed by atoms with E-state index in [0.29, 0.717) is 12.8 Å². The molecule has 6 nitrogen and oxygen atoms in total. The first kappa shape index (κ1) is 25.7. The van der Waals surface area contributed by atoms with Gasteiger partial charge in [-0.3, -0.25) is 0 Å². The lowest BCUT2D eigenvalue weighted by molar-refractivity contribution is -0.133. The molecule has 3 N–H and O–H groups in total. The van der Waals surface area contributed by atoms with Gasteiger partial charge in [-0.15, -0.1) is 0 Å². The van der Waals surface area contributed by atoms with Crippen LogP contribution in [0, 0.1) is 0 Å². The number of aliphatic hydroxyl groups is 2. The molecule has 26 heavy (non-hydrogen) atoms. The second kappa shape index (κ2) is 9.26. The first-order chi connectivity index (χ1) is 11.5. The standard InChI is InChI=1S/C17H38O6Si3/c1-10-11-17(12-15(19)13-18,14(2)16(20)21)26(9,22-24(3,4)5)23-25(6,7)8/h15,18-19H,2,10-13H2,1,3-9H3,(H,20,21). The third-order valence-corrected chi connectivity index (χ3v) is 14.7. The lowest BCUT2D eigenvalue weighted by Crippen LogP contribution is -2.61. The topological polar surface area (TPSA) is 96.2 Å². The minimum Gasteiger partial charge on any atom is -0.478 e. The maximum atomic E-state index is 12.0. The van der Waals surface area contributed by atoms with Crippen molar-refractivity contribution in [2.24, 2.45) is 0 Å². The summed E-state index contributed by atoms with van der Waals surface area (Å²) in [5.74, 6) is -1.11. The van der Waals surface area contributed by atoms with Crippen LogP contribution in [0.1, 0.15) is 26.2 Å². The molecule has 0 rings (SSSR count). The molecule has 0 radical (unpaired) electrons. The minimum absolute atomic E-state index is 0.0116. The van der Waals surface area contributed by atoms with Crippen LogP contribution in [0.3, 0.4) is 0 Å². The van der Waals surface area contributed by atoms with Gasteiger partial charge in [-0.05, 0) is 58.7 Å². The van der Waals surface area contributed by atoms with E-state index in [1.165, 1.54) is 0 Å². The fourth-order valence-corrected chi connectivity index (χ4v) is 17.0. The van der Waals surface area contributed by atoms with Gasteiger partial charge in [0.25, 0.3) is 0 Å². The molecule has 0 heterocycles. The van der Waals surface area contributed by atoms with E-state index >= 15 is 0 Å². The second-order valence-corrected chi connectivity index (χ2v) is 22.0. The van der Waals surface area contributed by atoms with E-state index in [9.17, 15) is 20.1 Å². The number of aliphatic carboxylic acids is 1. The second-order valence-electron chi connectivity index (χ2n) is 9.03. The zero-order valence-electron chi connectivity index (χ0n) is 17.7. The number of aliphatic hydroxyl groups excluding tert-OH is 2. The van der Waals surface area contributed by atoms with Crippen molar-refractivity contribution < 1.29 is 28.3 Å². The van der Waals surface area contributed by atoms with E-state index in [2.05, 4.69) is 45.9 Å². The van der Waals surface area contributed by atoms with Crippen molar-refractivity contribution >= 4 is 31.2 Å². The van der Waals surface area contributed by atoms with Crippen LogP contribution in [-0.2, 0) is 13.0 Å². The Morgan fingerprint density at radius 3 is 1.77 bits per heavy atom. The lowest BCUT2D eigenvalue weighted by atomic mass is 9.88. The van der Waals surface area contributed by atoms with Crippen molar-refractivity contribution in [1.29, 1.82) is 0 Å². The van der Waals surface area contributed by atoms with Crippen LogP contribution in [0.5, 0.6) is 0 Å². The first-order valence-corrected chi connectivity index (χ1v) is 18.3. The summed E-state index contributed by atoms with van der Waals surface area (Å²) in [7, 11) is -7.34. The Kier molecular flexibility index (Phi) is 9.16. The fourth-order valence-electron chi connectivity index (χ4n) is 3.55. The third kappa shape index (κ3) is 7.02. The van der Waals surface area contributed by atoms with Gasteiger partial charge in [0.1, 0.15) is 0 Å². The van der Waals surface area contributed by atoms with Crippen LogP contribution < -0.4 is 0 Å². The van der Waals surface area contributed by atoms with Crippen molar-refractivity contribution in [1.82, 2.24) is 0 Å². The van der Waals surface area contributed by atoms with Crippen LogP contribution >= 0.6 is 0 Å². The number of carboxylic acids is 1. The van der Waals surface area contributed by atoms with Crippen molar-refractivity contribution in [3.63, 3.8) is 0 Å². The van der Waals surface area contributed by atoms with Gasteiger partial charge in [-0.1, -0.05) is 19.9 Å². The summed E-state index contributed by atoms with van der Waals surface area (Å²) in [6.07, 6.45) is 0.185. The molecule has 9 heteroatoms. The van der Waals surface area contributed by atoms with E-state index in [-0.39, 0.29) is 12.0 Å².